The van der Waals surface area contributed by atoms with E-state index in [1.165, 1.54) is 32.2 Å². The van der Waals surface area contributed by atoms with E-state index in [4.69, 9.17) is 14.5 Å². The first-order valence-electron chi connectivity index (χ1n) is 14.0. The first-order valence-corrected chi connectivity index (χ1v) is 14.8. The molecule has 4 aromatic rings. The number of rotatable bonds is 7. The van der Waals surface area contributed by atoms with Crippen molar-refractivity contribution in [1.82, 2.24) is 4.98 Å². The highest BCUT2D eigenvalue weighted by atomic mass is 32.1. The molecule has 0 fully saturated rings. The number of amides is 1. The number of ether oxygens (including phenoxy) is 2. The molecule has 0 saturated heterocycles. The number of non-ortho nitro benzene ring substituents is 1. The highest BCUT2D eigenvalue weighted by molar-refractivity contribution is 7.10. The standard InChI is InChI=1S/C33H33N3O6S/c1-19(31(37)35-27-18-22(36(39)40)12-13-28(27)41-5)42-32(38)29-24-10-6-7-11-26(24)34-30-20(16-23-9-8-14-43-23)15-21(17-25(29)30)33(2,3)4/h6-14,16,18-19,21H,15,17H2,1-5H3,(H,35,37)/b20-16+. The zero-order valence-electron chi connectivity index (χ0n) is 24.7. The first-order chi connectivity index (χ1) is 20.5. The fourth-order valence-electron chi connectivity index (χ4n) is 5.33. The molecule has 5 rings (SSSR count). The highest BCUT2D eigenvalue weighted by Gasteiger charge is 2.36. The van der Waals surface area contributed by atoms with Crippen LogP contribution in [0, 0.1) is 21.4 Å². The van der Waals surface area contributed by atoms with E-state index in [1.807, 2.05) is 35.7 Å². The Bertz CT molecular complexity index is 1740. The third-order valence-corrected chi connectivity index (χ3v) is 8.63. The molecule has 0 aliphatic heterocycles. The van der Waals surface area contributed by atoms with E-state index in [1.54, 1.807) is 11.3 Å². The predicted octanol–water partition coefficient (Wildman–Crippen LogP) is 7.55. The molecule has 0 bridgehead atoms. The number of benzene rings is 2. The molecule has 1 aliphatic rings. The van der Waals surface area contributed by atoms with Gasteiger partial charge in [-0.15, -0.1) is 11.3 Å². The van der Waals surface area contributed by atoms with Gasteiger partial charge >= 0.3 is 5.97 Å². The minimum Gasteiger partial charge on any atom is -0.495 e. The molecule has 1 N–H and O–H groups in total. The maximum atomic E-state index is 14.0. The normalized spacial score (nSPS) is 16.4. The number of fused-ring (bicyclic) bond motifs is 2. The van der Waals surface area contributed by atoms with Gasteiger partial charge in [-0.2, -0.15) is 0 Å². The average molecular weight is 600 g/mol. The first kappa shape index (κ1) is 29.9. The van der Waals surface area contributed by atoms with Crippen molar-refractivity contribution in [3.05, 3.63) is 91.8 Å². The fraction of sp³-hybridized carbons (Fsp3) is 0.303. The topological polar surface area (TPSA) is 121 Å². The SMILES string of the molecule is COc1ccc([N+](=O)[O-])cc1NC(=O)C(C)OC(=O)c1c2c(nc3ccccc13)/C(=C/c1cccs1)CC(C(C)(C)C)C2. The fourth-order valence-corrected chi connectivity index (χ4v) is 6.01. The number of aromatic nitrogens is 1. The van der Waals surface area contributed by atoms with Crippen LogP contribution in [0.5, 0.6) is 5.75 Å². The minimum absolute atomic E-state index is 0.0381. The summed E-state index contributed by atoms with van der Waals surface area (Å²) in [6, 6.07) is 15.4. The summed E-state index contributed by atoms with van der Waals surface area (Å²) in [5.74, 6) is -0.800. The largest absolute Gasteiger partial charge is 0.495 e. The molecular weight excluding hydrogens is 566 g/mol. The second-order valence-corrected chi connectivity index (χ2v) is 12.6. The number of pyridine rings is 1. The number of hydrogen-bond acceptors (Lipinski definition) is 8. The second kappa shape index (κ2) is 12.0. The summed E-state index contributed by atoms with van der Waals surface area (Å²) in [7, 11) is 1.39. The summed E-state index contributed by atoms with van der Waals surface area (Å²) < 4.78 is 11.0. The number of esters is 1. The van der Waals surface area contributed by atoms with Crippen LogP contribution in [0.1, 0.15) is 60.6 Å². The lowest BCUT2D eigenvalue weighted by atomic mass is 9.69. The monoisotopic (exact) mass is 599 g/mol. The Morgan fingerprint density at radius 3 is 2.58 bits per heavy atom. The summed E-state index contributed by atoms with van der Waals surface area (Å²) in [5, 5.41) is 16.6. The van der Waals surface area contributed by atoms with Crippen LogP contribution in [0.4, 0.5) is 11.4 Å². The summed E-state index contributed by atoms with van der Waals surface area (Å²) in [4.78, 5) is 44.0. The molecule has 0 radical (unpaired) electrons. The van der Waals surface area contributed by atoms with Crippen molar-refractivity contribution >= 4 is 57.1 Å². The molecule has 0 saturated carbocycles. The average Bonchev–Trinajstić information content (AvgIpc) is 3.48. The number of nitro groups is 1. The lowest BCUT2D eigenvalue weighted by Gasteiger charge is -2.36. The Morgan fingerprint density at radius 1 is 1.14 bits per heavy atom. The number of allylic oxidation sites excluding steroid dienone is 1. The molecule has 2 unspecified atom stereocenters. The van der Waals surface area contributed by atoms with Gasteiger partial charge in [0.2, 0.25) is 0 Å². The molecule has 222 valence electrons. The van der Waals surface area contributed by atoms with Crippen LogP contribution in [-0.4, -0.2) is 35.0 Å². The van der Waals surface area contributed by atoms with Gasteiger partial charge in [0.15, 0.2) is 6.10 Å². The smallest absolute Gasteiger partial charge is 0.339 e. The second-order valence-electron chi connectivity index (χ2n) is 11.7. The molecule has 2 aromatic carbocycles. The number of nitrogens with zero attached hydrogens (tertiary/aromatic N) is 2. The van der Waals surface area contributed by atoms with Crippen LogP contribution in [0.25, 0.3) is 22.6 Å². The van der Waals surface area contributed by atoms with E-state index in [2.05, 4.69) is 38.2 Å². The Hall–Kier alpha value is -4.57. The molecule has 2 atom stereocenters. The van der Waals surface area contributed by atoms with Crippen LogP contribution in [0.2, 0.25) is 0 Å². The van der Waals surface area contributed by atoms with E-state index < -0.39 is 22.9 Å². The van der Waals surface area contributed by atoms with Gasteiger partial charge in [0.05, 0.1) is 34.5 Å². The van der Waals surface area contributed by atoms with Gasteiger partial charge in [0.1, 0.15) is 5.75 Å². The number of thiophene rings is 1. The van der Waals surface area contributed by atoms with E-state index in [-0.39, 0.29) is 28.5 Å². The van der Waals surface area contributed by atoms with Gasteiger partial charge < -0.3 is 14.8 Å². The third kappa shape index (κ3) is 6.29. The van der Waals surface area contributed by atoms with Crippen molar-refractivity contribution in [3.63, 3.8) is 0 Å². The Labute approximate surface area is 253 Å². The van der Waals surface area contributed by atoms with Gasteiger partial charge in [-0.3, -0.25) is 14.9 Å². The molecule has 1 aliphatic carbocycles. The number of nitrogens with one attached hydrogen (secondary N) is 1. The van der Waals surface area contributed by atoms with Crippen LogP contribution in [0.3, 0.4) is 0 Å². The molecule has 2 heterocycles. The highest BCUT2D eigenvalue weighted by Crippen LogP contribution is 2.45. The maximum Gasteiger partial charge on any atom is 0.339 e. The number of methoxy groups -OCH3 is 1. The van der Waals surface area contributed by atoms with Crippen molar-refractivity contribution in [1.29, 1.82) is 0 Å². The Morgan fingerprint density at radius 2 is 1.91 bits per heavy atom. The number of carbonyl (C=O) groups excluding carboxylic acids is 2. The zero-order valence-corrected chi connectivity index (χ0v) is 25.5. The molecular formula is C33H33N3O6S. The van der Waals surface area contributed by atoms with E-state index in [0.717, 1.165) is 28.1 Å². The summed E-state index contributed by atoms with van der Waals surface area (Å²) in [5.41, 5.74) is 3.57. The number of nitro benzene ring substituents is 1. The number of carbonyl (C=O) groups is 2. The van der Waals surface area contributed by atoms with Gasteiger partial charge in [-0.05, 0) is 71.9 Å². The zero-order chi connectivity index (χ0) is 30.9. The van der Waals surface area contributed by atoms with Crippen molar-refractivity contribution in [2.24, 2.45) is 11.3 Å². The molecule has 0 spiro atoms. The van der Waals surface area contributed by atoms with Gasteiger partial charge in [0.25, 0.3) is 11.6 Å². The summed E-state index contributed by atoms with van der Waals surface area (Å²) in [6.45, 7) is 8.07. The Balaban J connectivity index is 1.53. The van der Waals surface area contributed by atoms with E-state index in [0.29, 0.717) is 22.9 Å². The quantitative estimate of drug-likeness (QED) is 0.132. The van der Waals surface area contributed by atoms with Crippen LogP contribution in [0.15, 0.2) is 60.0 Å². The van der Waals surface area contributed by atoms with Crippen LogP contribution < -0.4 is 10.1 Å². The number of para-hydroxylation sites is 1. The van der Waals surface area contributed by atoms with E-state index >= 15 is 0 Å². The molecule has 43 heavy (non-hydrogen) atoms. The predicted molar refractivity (Wildman–Crippen MR) is 168 cm³/mol. The van der Waals surface area contributed by atoms with Crippen molar-refractivity contribution in [3.8, 4) is 5.75 Å². The summed E-state index contributed by atoms with van der Waals surface area (Å²) in [6.07, 6.45) is 2.40. The lowest BCUT2D eigenvalue weighted by molar-refractivity contribution is -0.384. The van der Waals surface area contributed by atoms with Gasteiger partial charge in [0, 0.05) is 22.4 Å². The Kier molecular flexibility index (Phi) is 8.32. The number of anilines is 1. The van der Waals surface area contributed by atoms with Gasteiger partial charge in [-0.1, -0.05) is 45.0 Å². The lowest BCUT2D eigenvalue weighted by Crippen LogP contribution is -2.32. The van der Waals surface area contributed by atoms with E-state index in [9.17, 15) is 19.7 Å². The molecule has 2 aromatic heterocycles. The van der Waals surface area contributed by atoms with Crippen LogP contribution >= 0.6 is 11.3 Å². The summed E-state index contributed by atoms with van der Waals surface area (Å²) >= 11 is 1.64. The number of hydrogen-bond donors (Lipinski definition) is 1. The van der Waals surface area contributed by atoms with Crippen molar-refractivity contribution in [2.45, 2.75) is 46.6 Å². The van der Waals surface area contributed by atoms with Crippen molar-refractivity contribution in [2.75, 3.05) is 12.4 Å². The van der Waals surface area contributed by atoms with Gasteiger partial charge in [-0.25, -0.2) is 9.78 Å². The molecule has 10 heteroatoms. The van der Waals surface area contributed by atoms with Crippen LogP contribution in [-0.2, 0) is 16.0 Å². The molecule has 1 amide bonds. The third-order valence-electron chi connectivity index (χ3n) is 7.81. The minimum atomic E-state index is -1.21. The molecule has 9 nitrogen and oxygen atoms in total. The maximum absolute atomic E-state index is 14.0. The van der Waals surface area contributed by atoms with Crippen molar-refractivity contribution < 1.29 is 24.0 Å².